The van der Waals surface area contributed by atoms with E-state index in [1.165, 1.54) is 0 Å². The minimum Gasteiger partial charge on any atom is -0.330 e. The van der Waals surface area contributed by atoms with Crippen LogP contribution < -0.4 is 5.73 Å². The van der Waals surface area contributed by atoms with Gasteiger partial charge in [-0.3, -0.25) is 9.78 Å². The standard InChI is InChI=1S/C9H12N2O/c1-7-8(3-2-6-11-7)9(12)4-5-10/h2-3,6H,4-5,10H2,1H3. The molecule has 1 heterocycles. The Bertz CT molecular complexity index is 284. The van der Waals surface area contributed by atoms with Crippen molar-refractivity contribution >= 4 is 5.78 Å². The van der Waals surface area contributed by atoms with E-state index in [-0.39, 0.29) is 5.78 Å². The Balaban J connectivity index is 2.87. The van der Waals surface area contributed by atoms with Crippen molar-refractivity contribution < 1.29 is 4.79 Å². The second-order valence-corrected chi connectivity index (χ2v) is 2.60. The molecule has 1 aromatic rings. The van der Waals surface area contributed by atoms with E-state index in [1.807, 2.05) is 6.92 Å². The van der Waals surface area contributed by atoms with Gasteiger partial charge in [0.2, 0.25) is 0 Å². The molecule has 64 valence electrons. The molecule has 2 N–H and O–H groups in total. The molecule has 0 fully saturated rings. The highest BCUT2D eigenvalue weighted by atomic mass is 16.1. The van der Waals surface area contributed by atoms with Crippen molar-refractivity contribution in [1.29, 1.82) is 0 Å². The number of ketones is 1. The van der Waals surface area contributed by atoms with Crippen LogP contribution in [-0.4, -0.2) is 17.3 Å². The van der Waals surface area contributed by atoms with Crippen molar-refractivity contribution in [2.24, 2.45) is 5.73 Å². The average Bonchev–Trinajstić information content (AvgIpc) is 2.05. The van der Waals surface area contributed by atoms with E-state index in [0.29, 0.717) is 18.5 Å². The quantitative estimate of drug-likeness (QED) is 0.676. The maximum atomic E-state index is 11.3. The third kappa shape index (κ3) is 1.89. The zero-order valence-corrected chi connectivity index (χ0v) is 7.08. The fraction of sp³-hybridized carbons (Fsp3) is 0.333. The first-order valence-corrected chi connectivity index (χ1v) is 3.90. The molecule has 0 bridgehead atoms. The summed E-state index contributed by atoms with van der Waals surface area (Å²) in [5.74, 6) is 0.0723. The van der Waals surface area contributed by atoms with Gasteiger partial charge in [-0.15, -0.1) is 0 Å². The third-order valence-electron chi connectivity index (χ3n) is 1.68. The number of nitrogens with two attached hydrogens (primary N) is 1. The molecule has 0 aliphatic heterocycles. The lowest BCUT2D eigenvalue weighted by atomic mass is 10.1. The molecule has 3 heteroatoms. The molecule has 0 amide bonds. The molecule has 0 aliphatic carbocycles. The molecule has 0 saturated heterocycles. The molecular weight excluding hydrogens is 152 g/mol. The lowest BCUT2D eigenvalue weighted by Gasteiger charge is -2.01. The van der Waals surface area contributed by atoms with E-state index in [4.69, 9.17) is 5.73 Å². The van der Waals surface area contributed by atoms with E-state index in [1.54, 1.807) is 18.3 Å². The zero-order chi connectivity index (χ0) is 8.97. The van der Waals surface area contributed by atoms with Crippen LogP contribution in [-0.2, 0) is 0 Å². The van der Waals surface area contributed by atoms with Gasteiger partial charge in [0.1, 0.15) is 0 Å². The van der Waals surface area contributed by atoms with Crippen LogP contribution in [0.3, 0.4) is 0 Å². The second-order valence-electron chi connectivity index (χ2n) is 2.60. The van der Waals surface area contributed by atoms with Crippen molar-refractivity contribution in [2.45, 2.75) is 13.3 Å². The minimum atomic E-state index is 0.0723. The van der Waals surface area contributed by atoms with Gasteiger partial charge in [0, 0.05) is 23.9 Å². The molecule has 0 aliphatic rings. The van der Waals surface area contributed by atoms with Crippen LogP contribution in [0, 0.1) is 6.92 Å². The topological polar surface area (TPSA) is 56.0 Å². The van der Waals surface area contributed by atoms with Crippen LogP contribution in [0.4, 0.5) is 0 Å². The van der Waals surface area contributed by atoms with Crippen LogP contribution >= 0.6 is 0 Å². The lowest BCUT2D eigenvalue weighted by Crippen LogP contribution is -2.09. The van der Waals surface area contributed by atoms with E-state index in [0.717, 1.165) is 5.69 Å². The van der Waals surface area contributed by atoms with E-state index >= 15 is 0 Å². The molecular formula is C9H12N2O. The van der Waals surface area contributed by atoms with Crippen LogP contribution in [0.5, 0.6) is 0 Å². The summed E-state index contributed by atoms with van der Waals surface area (Å²) in [6.45, 7) is 2.22. The molecule has 3 nitrogen and oxygen atoms in total. The molecule has 0 atom stereocenters. The molecule has 1 rings (SSSR count). The molecule has 0 unspecified atom stereocenters. The Morgan fingerprint density at radius 2 is 2.42 bits per heavy atom. The Labute approximate surface area is 71.6 Å². The average molecular weight is 164 g/mol. The number of aryl methyl sites for hydroxylation is 1. The maximum Gasteiger partial charge on any atom is 0.165 e. The van der Waals surface area contributed by atoms with Crippen LogP contribution in [0.25, 0.3) is 0 Å². The molecule has 0 radical (unpaired) electrons. The lowest BCUT2D eigenvalue weighted by molar-refractivity contribution is 0.0984. The van der Waals surface area contributed by atoms with Gasteiger partial charge < -0.3 is 5.73 Å². The Hall–Kier alpha value is -1.22. The highest BCUT2D eigenvalue weighted by molar-refractivity contribution is 5.97. The third-order valence-corrected chi connectivity index (χ3v) is 1.68. The van der Waals surface area contributed by atoms with Crippen molar-refractivity contribution in [3.63, 3.8) is 0 Å². The van der Waals surface area contributed by atoms with Gasteiger partial charge in [0.25, 0.3) is 0 Å². The molecule has 0 spiro atoms. The highest BCUT2D eigenvalue weighted by Gasteiger charge is 2.06. The van der Waals surface area contributed by atoms with Crippen molar-refractivity contribution in [2.75, 3.05) is 6.54 Å². The van der Waals surface area contributed by atoms with Crippen molar-refractivity contribution in [3.05, 3.63) is 29.6 Å². The fourth-order valence-corrected chi connectivity index (χ4v) is 1.04. The number of carbonyl (C=O) groups excluding carboxylic acids is 1. The maximum absolute atomic E-state index is 11.3. The van der Waals surface area contributed by atoms with Gasteiger partial charge in [-0.05, 0) is 25.6 Å². The number of aromatic nitrogens is 1. The fourth-order valence-electron chi connectivity index (χ4n) is 1.04. The predicted molar refractivity (Wildman–Crippen MR) is 47.0 cm³/mol. The van der Waals surface area contributed by atoms with E-state index < -0.39 is 0 Å². The normalized spacial score (nSPS) is 9.83. The first kappa shape index (κ1) is 8.87. The number of carbonyl (C=O) groups is 1. The molecule has 0 aromatic carbocycles. The van der Waals surface area contributed by atoms with Gasteiger partial charge >= 0.3 is 0 Å². The number of hydrogen-bond acceptors (Lipinski definition) is 3. The van der Waals surface area contributed by atoms with Crippen LogP contribution in [0.15, 0.2) is 18.3 Å². The number of hydrogen-bond donors (Lipinski definition) is 1. The summed E-state index contributed by atoms with van der Waals surface area (Å²) in [5, 5.41) is 0. The van der Waals surface area contributed by atoms with Gasteiger partial charge in [-0.1, -0.05) is 0 Å². The van der Waals surface area contributed by atoms with Crippen LogP contribution in [0.1, 0.15) is 22.5 Å². The summed E-state index contributed by atoms with van der Waals surface area (Å²) < 4.78 is 0. The Morgan fingerprint density at radius 3 is 3.00 bits per heavy atom. The Kier molecular flexibility index (Phi) is 2.94. The number of Topliss-reactive ketones (excluding diaryl/α,β-unsaturated/α-hetero) is 1. The van der Waals surface area contributed by atoms with Crippen molar-refractivity contribution in [1.82, 2.24) is 4.98 Å². The number of pyridine rings is 1. The molecule has 1 aromatic heterocycles. The van der Waals surface area contributed by atoms with Crippen molar-refractivity contribution in [3.8, 4) is 0 Å². The summed E-state index contributed by atoms with van der Waals surface area (Å²) >= 11 is 0. The summed E-state index contributed by atoms with van der Waals surface area (Å²) in [7, 11) is 0. The van der Waals surface area contributed by atoms with Gasteiger partial charge in [0.15, 0.2) is 5.78 Å². The summed E-state index contributed by atoms with van der Waals surface area (Å²) in [6, 6.07) is 3.54. The molecule has 12 heavy (non-hydrogen) atoms. The number of rotatable bonds is 3. The number of nitrogens with zero attached hydrogens (tertiary/aromatic N) is 1. The van der Waals surface area contributed by atoms with Gasteiger partial charge in [-0.2, -0.15) is 0 Å². The highest BCUT2D eigenvalue weighted by Crippen LogP contribution is 2.05. The summed E-state index contributed by atoms with van der Waals surface area (Å²) in [5.41, 5.74) is 6.73. The first-order chi connectivity index (χ1) is 5.75. The SMILES string of the molecule is Cc1ncccc1C(=O)CCN. The summed E-state index contributed by atoms with van der Waals surface area (Å²) in [4.78, 5) is 15.4. The van der Waals surface area contributed by atoms with E-state index in [9.17, 15) is 4.79 Å². The first-order valence-electron chi connectivity index (χ1n) is 3.90. The van der Waals surface area contributed by atoms with E-state index in [2.05, 4.69) is 4.98 Å². The summed E-state index contributed by atoms with van der Waals surface area (Å²) in [6.07, 6.45) is 2.07. The second kappa shape index (κ2) is 3.97. The molecule has 0 saturated carbocycles. The van der Waals surface area contributed by atoms with Gasteiger partial charge in [-0.25, -0.2) is 0 Å². The Morgan fingerprint density at radius 1 is 1.67 bits per heavy atom. The predicted octanol–water partition coefficient (Wildman–Crippen LogP) is 0.922. The zero-order valence-electron chi connectivity index (χ0n) is 7.08. The van der Waals surface area contributed by atoms with Gasteiger partial charge in [0.05, 0.1) is 0 Å². The van der Waals surface area contributed by atoms with Crippen LogP contribution in [0.2, 0.25) is 0 Å². The monoisotopic (exact) mass is 164 g/mol. The largest absolute Gasteiger partial charge is 0.330 e. The minimum absolute atomic E-state index is 0.0723. The smallest absolute Gasteiger partial charge is 0.165 e.